The molecule has 1 aliphatic rings. The van der Waals surface area contributed by atoms with Gasteiger partial charge in [-0.1, -0.05) is 35.3 Å². The van der Waals surface area contributed by atoms with E-state index in [1.165, 1.54) is 0 Å². The van der Waals surface area contributed by atoms with Crippen LogP contribution in [0, 0.1) is 0 Å². The van der Waals surface area contributed by atoms with E-state index in [-0.39, 0.29) is 24.5 Å². The molecule has 1 N–H and O–H groups in total. The number of nitrogens with one attached hydrogen (secondary N) is 1. The van der Waals surface area contributed by atoms with Gasteiger partial charge in [-0.2, -0.15) is 0 Å². The lowest BCUT2D eigenvalue weighted by atomic mass is 10.0. The molecule has 1 heterocycles. The predicted molar refractivity (Wildman–Crippen MR) is 112 cm³/mol. The zero-order valence-corrected chi connectivity index (χ0v) is 17.5. The van der Waals surface area contributed by atoms with Gasteiger partial charge in [-0.05, 0) is 43.2 Å². The van der Waals surface area contributed by atoms with E-state index < -0.39 is 0 Å². The highest BCUT2D eigenvalue weighted by Crippen LogP contribution is 2.26. The van der Waals surface area contributed by atoms with Gasteiger partial charge in [-0.15, -0.1) is 0 Å². The summed E-state index contributed by atoms with van der Waals surface area (Å²) in [7, 11) is 1.56. The minimum atomic E-state index is -0.240. The van der Waals surface area contributed by atoms with Crippen LogP contribution in [0.15, 0.2) is 42.5 Å². The lowest BCUT2D eigenvalue weighted by Crippen LogP contribution is -2.47. The van der Waals surface area contributed by atoms with Crippen LogP contribution in [0.5, 0.6) is 11.5 Å². The average Bonchev–Trinajstić information content (AvgIpc) is 2.72. The Hall–Kier alpha value is -2.44. The molecule has 1 aliphatic heterocycles. The maximum atomic E-state index is 12.4. The summed E-state index contributed by atoms with van der Waals surface area (Å²) in [4.78, 5) is 26.6. The highest BCUT2D eigenvalue weighted by molar-refractivity contribution is 6.36. The third-order valence-electron chi connectivity index (χ3n) is 4.78. The molecular weight excluding hydrogens is 415 g/mol. The first-order chi connectivity index (χ1) is 14.0. The van der Waals surface area contributed by atoms with Crippen LogP contribution in [0.4, 0.5) is 0 Å². The second kappa shape index (κ2) is 9.85. The number of hydrogen-bond acceptors (Lipinski definition) is 4. The summed E-state index contributed by atoms with van der Waals surface area (Å²) in [5.41, 5.74) is 0.389. The SMILES string of the molecule is COc1ccccc1OCC(=O)N1CCC(NC(=O)c2ccc(Cl)cc2Cl)CC1. The highest BCUT2D eigenvalue weighted by atomic mass is 35.5. The van der Waals surface area contributed by atoms with Gasteiger partial charge in [0.25, 0.3) is 11.8 Å². The molecule has 2 aromatic rings. The van der Waals surface area contributed by atoms with Crippen molar-refractivity contribution in [3.05, 3.63) is 58.1 Å². The third-order valence-corrected chi connectivity index (χ3v) is 5.33. The summed E-state index contributed by atoms with van der Waals surface area (Å²) >= 11 is 12.0. The van der Waals surface area contributed by atoms with E-state index in [9.17, 15) is 9.59 Å². The van der Waals surface area contributed by atoms with Crippen LogP contribution in [0.25, 0.3) is 0 Å². The summed E-state index contributed by atoms with van der Waals surface area (Å²) < 4.78 is 10.8. The topological polar surface area (TPSA) is 67.9 Å². The standard InChI is InChI=1S/C21H22Cl2N2O4/c1-28-18-4-2-3-5-19(18)29-13-20(26)25-10-8-15(9-11-25)24-21(27)16-7-6-14(22)12-17(16)23/h2-7,12,15H,8-11,13H2,1H3,(H,24,27). The number of halogens is 2. The van der Waals surface area contributed by atoms with Crippen LogP contribution < -0.4 is 14.8 Å². The van der Waals surface area contributed by atoms with E-state index in [1.807, 2.05) is 12.1 Å². The molecule has 0 atom stereocenters. The molecule has 6 nitrogen and oxygen atoms in total. The first-order valence-corrected chi connectivity index (χ1v) is 10.0. The van der Waals surface area contributed by atoms with Crippen LogP contribution in [0.2, 0.25) is 10.0 Å². The third kappa shape index (κ3) is 5.55. The van der Waals surface area contributed by atoms with Crippen molar-refractivity contribution < 1.29 is 19.1 Å². The van der Waals surface area contributed by atoms with Crippen molar-refractivity contribution in [3.63, 3.8) is 0 Å². The lowest BCUT2D eigenvalue weighted by molar-refractivity contribution is -0.134. The molecule has 8 heteroatoms. The van der Waals surface area contributed by atoms with Crippen molar-refractivity contribution >= 4 is 35.0 Å². The maximum Gasteiger partial charge on any atom is 0.260 e. The number of piperidine rings is 1. The molecule has 154 valence electrons. The van der Waals surface area contributed by atoms with Gasteiger partial charge >= 0.3 is 0 Å². The molecule has 0 aromatic heterocycles. The first kappa shape index (κ1) is 21.3. The van der Waals surface area contributed by atoms with Crippen molar-refractivity contribution in [2.45, 2.75) is 18.9 Å². The fourth-order valence-electron chi connectivity index (χ4n) is 3.18. The molecule has 0 bridgehead atoms. The number of hydrogen-bond donors (Lipinski definition) is 1. The zero-order chi connectivity index (χ0) is 20.8. The summed E-state index contributed by atoms with van der Waals surface area (Å²) in [6.07, 6.45) is 1.33. The van der Waals surface area contributed by atoms with Gasteiger partial charge in [0.1, 0.15) is 0 Å². The molecule has 3 rings (SSSR count). The summed E-state index contributed by atoms with van der Waals surface area (Å²) in [5, 5.41) is 3.77. The number of benzene rings is 2. The van der Waals surface area contributed by atoms with Crippen LogP contribution in [-0.2, 0) is 4.79 Å². The van der Waals surface area contributed by atoms with Gasteiger partial charge in [-0.25, -0.2) is 0 Å². The van der Waals surface area contributed by atoms with Crippen LogP contribution in [-0.4, -0.2) is 49.6 Å². The number of rotatable bonds is 6. The molecule has 0 saturated carbocycles. The quantitative estimate of drug-likeness (QED) is 0.747. The fraction of sp³-hybridized carbons (Fsp3) is 0.333. The van der Waals surface area contributed by atoms with Crippen molar-refractivity contribution in [2.75, 3.05) is 26.8 Å². The summed E-state index contributed by atoms with van der Waals surface area (Å²) in [6.45, 7) is 1.04. The zero-order valence-electron chi connectivity index (χ0n) is 16.0. The van der Waals surface area contributed by atoms with Crippen LogP contribution >= 0.6 is 23.2 Å². The molecule has 0 radical (unpaired) electrons. The minimum absolute atomic E-state index is 0.0200. The van der Waals surface area contributed by atoms with Gasteiger partial charge in [0, 0.05) is 24.2 Å². The fourth-order valence-corrected chi connectivity index (χ4v) is 3.67. The number of nitrogens with zero attached hydrogens (tertiary/aromatic N) is 1. The molecule has 2 aromatic carbocycles. The van der Waals surface area contributed by atoms with Gasteiger partial charge in [0.2, 0.25) is 0 Å². The van der Waals surface area contributed by atoms with Crippen LogP contribution in [0.1, 0.15) is 23.2 Å². The van der Waals surface area contributed by atoms with Crippen LogP contribution in [0.3, 0.4) is 0 Å². The van der Waals surface area contributed by atoms with E-state index in [0.717, 1.165) is 0 Å². The van der Waals surface area contributed by atoms with Gasteiger partial charge < -0.3 is 19.7 Å². The number of ether oxygens (including phenoxy) is 2. The van der Waals surface area contributed by atoms with Crippen molar-refractivity contribution in [1.82, 2.24) is 10.2 Å². The Kier molecular flexibility index (Phi) is 7.23. The molecule has 0 unspecified atom stereocenters. The second-order valence-corrected chi connectivity index (χ2v) is 7.54. The number of carbonyl (C=O) groups is 2. The lowest BCUT2D eigenvalue weighted by Gasteiger charge is -2.32. The van der Waals surface area contributed by atoms with E-state index in [1.54, 1.807) is 42.3 Å². The molecular formula is C21H22Cl2N2O4. The highest BCUT2D eigenvalue weighted by Gasteiger charge is 2.25. The Morgan fingerprint density at radius 1 is 1.10 bits per heavy atom. The Bertz CT molecular complexity index is 883. The molecule has 2 amide bonds. The number of amides is 2. The normalized spacial score (nSPS) is 14.4. The van der Waals surface area contributed by atoms with E-state index >= 15 is 0 Å². The Morgan fingerprint density at radius 2 is 1.79 bits per heavy atom. The van der Waals surface area contributed by atoms with E-state index in [2.05, 4.69) is 5.32 Å². The maximum absolute atomic E-state index is 12.4. The molecule has 1 fully saturated rings. The predicted octanol–water partition coefficient (Wildman–Crippen LogP) is 3.80. The average molecular weight is 437 g/mol. The first-order valence-electron chi connectivity index (χ1n) is 9.27. The van der Waals surface area contributed by atoms with Crippen molar-refractivity contribution in [1.29, 1.82) is 0 Å². The Balaban J connectivity index is 1.47. The van der Waals surface area contributed by atoms with Gasteiger partial charge in [-0.3, -0.25) is 9.59 Å². The summed E-state index contributed by atoms with van der Waals surface area (Å²) in [6, 6.07) is 12.0. The van der Waals surface area contributed by atoms with Gasteiger partial charge in [0.15, 0.2) is 18.1 Å². The molecule has 0 spiro atoms. The Labute approximate surface area is 179 Å². The number of carbonyl (C=O) groups excluding carboxylic acids is 2. The second-order valence-electron chi connectivity index (χ2n) is 6.69. The van der Waals surface area contributed by atoms with E-state index in [4.69, 9.17) is 32.7 Å². The smallest absolute Gasteiger partial charge is 0.260 e. The summed E-state index contributed by atoms with van der Waals surface area (Å²) in [5.74, 6) is 0.783. The molecule has 1 saturated heterocycles. The van der Waals surface area contributed by atoms with Crippen molar-refractivity contribution in [3.8, 4) is 11.5 Å². The molecule has 0 aliphatic carbocycles. The Morgan fingerprint density at radius 3 is 2.45 bits per heavy atom. The number of likely N-dealkylation sites (tertiary alicyclic amines) is 1. The monoisotopic (exact) mass is 436 g/mol. The van der Waals surface area contributed by atoms with Gasteiger partial charge in [0.05, 0.1) is 17.7 Å². The number of methoxy groups -OCH3 is 1. The largest absolute Gasteiger partial charge is 0.493 e. The minimum Gasteiger partial charge on any atom is -0.493 e. The van der Waals surface area contributed by atoms with Crippen molar-refractivity contribution in [2.24, 2.45) is 0 Å². The number of para-hydroxylation sites is 2. The van der Waals surface area contributed by atoms with E-state index in [0.29, 0.717) is 53.0 Å². The molecule has 29 heavy (non-hydrogen) atoms.